The lowest BCUT2D eigenvalue weighted by Crippen LogP contribution is -1.90. The average Bonchev–Trinajstić information content (AvgIpc) is 2.73. The van der Waals surface area contributed by atoms with Crippen molar-refractivity contribution in [3.05, 3.63) is 102 Å². The van der Waals surface area contributed by atoms with Crippen LogP contribution >= 0.6 is 11.6 Å². The van der Waals surface area contributed by atoms with Crippen molar-refractivity contribution in [2.24, 2.45) is 0 Å². The van der Waals surface area contributed by atoms with Gasteiger partial charge in [0.1, 0.15) is 0 Å². The largest absolute Gasteiger partial charge is 0.248 e. The zero-order valence-electron chi connectivity index (χ0n) is 14.6. The van der Waals surface area contributed by atoms with Gasteiger partial charge in [-0.25, -0.2) is 4.98 Å². The summed E-state index contributed by atoms with van der Waals surface area (Å²) in [7, 11) is 0. The van der Waals surface area contributed by atoms with Gasteiger partial charge in [0.2, 0.25) is 0 Å². The molecule has 27 heavy (non-hydrogen) atoms. The first-order valence-corrected chi connectivity index (χ1v) is 9.31. The molecule has 0 spiro atoms. The molecule has 0 aliphatic carbocycles. The van der Waals surface area contributed by atoms with Crippen LogP contribution in [-0.4, -0.2) is 4.98 Å². The molecule has 5 rings (SSSR count). The zero-order valence-corrected chi connectivity index (χ0v) is 15.3. The number of halogens is 1. The van der Waals surface area contributed by atoms with E-state index < -0.39 is 0 Å². The van der Waals surface area contributed by atoms with Gasteiger partial charge in [0.05, 0.1) is 11.0 Å². The van der Waals surface area contributed by atoms with Gasteiger partial charge < -0.3 is 0 Å². The van der Waals surface area contributed by atoms with Gasteiger partial charge in [0.25, 0.3) is 0 Å². The molecular weight excluding hydrogens is 350 g/mol. The lowest BCUT2D eigenvalue weighted by atomic mass is 9.94. The van der Waals surface area contributed by atoms with E-state index >= 15 is 0 Å². The first-order valence-electron chi connectivity index (χ1n) is 8.93. The Bertz CT molecular complexity index is 1260. The average molecular weight is 366 g/mol. The molecule has 0 aliphatic rings. The second kappa shape index (κ2) is 6.53. The first kappa shape index (κ1) is 16.0. The molecular formula is C25H16ClN. The number of hydrogen-bond donors (Lipinski definition) is 0. The van der Waals surface area contributed by atoms with Gasteiger partial charge in [-0.05, 0) is 47.0 Å². The quantitative estimate of drug-likeness (QED) is 0.297. The van der Waals surface area contributed by atoms with Gasteiger partial charge in [-0.2, -0.15) is 0 Å². The van der Waals surface area contributed by atoms with Crippen LogP contribution in [0, 0.1) is 0 Å². The van der Waals surface area contributed by atoms with Crippen LogP contribution in [0.3, 0.4) is 0 Å². The van der Waals surface area contributed by atoms with Crippen molar-refractivity contribution < 1.29 is 0 Å². The number of fused-ring (bicyclic) bond motifs is 2. The molecule has 4 aromatic carbocycles. The highest BCUT2D eigenvalue weighted by Gasteiger charge is 2.12. The van der Waals surface area contributed by atoms with Crippen molar-refractivity contribution in [3.8, 4) is 22.3 Å². The topological polar surface area (TPSA) is 12.9 Å². The number of hydrogen-bond acceptors (Lipinski definition) is 1. The lowest BCUT2D eigenvalue weighted by molar-refractivity contribution is 1.49. The Labute approximate surface area is 162 Å². The Hall–Kier alpha value is -3.16. The fourth-order valence-electron chi connectivity index (χ4n) is 3.63. The summed E-state index contributed by atoms with van der Waals surface area (Å²) in [5.74, 6) is 0. The summed E-state index contributed by atoms with van der Waals surface area (Å²) in [6.07, 6.45) is 0. The Morgan fingerprint density at radius 2 is 1.19 bits per heavy atom. The van der Waals surface area contributed by atoms with E-state index in [0.717, 1.165) is 32.4 Å². The molecule has 1 nitrogen and oxygen atoms in total. The highest BCUT2D eigenvalue weighted by Crippen LogP contribution is 2.37. The van der Waals surface area contributed by atoms with Gasteiger partial charge in [-0.15, -0.1) is 0 Å². The third-order valence-corrected chi connectivity index (χ3v) is 5.17. The summed E-state index contributed by atoms with van der Waals surface area (Å²) < 4.78 is 0. The Morgan fingerprint density at radius 3 is 2.00 bits per heavy atom. The molecule has 0 fully saturated rings. The molecule has 128 valence electrons. The van der Waals surface area contributed by atoms with E-state index in [0.29, 0.717) is 0 Å². The second-order valence-corrected chi connectivity index (χ2v) is 7.05. The monoisotopic (exact) mass is 365 g/mol. The van der Waals surface area contributed by atoms with Gasteiger partial charge >= 0.3 is 0 Å². The maximum absolute atomic E-state index is 6.13. The third-order valence-electron chi connectivity index (χ3n) is 4.92. The molecule has 0 bridgehead atoms. The number of nitrogens with zero attached hydrogens (tertiary/aromatic N) is 1. The summed E-state index contributed by atoms with van der Waals surface area (Å²) in [5, 5.41) is 3.04. The molecule has 0 N–H and O–H groups in total. The van der Waals surface area contributed by atoms with Crippen LogP contribution in [0.4, 0.5) is 0 Å². The lowest BCUT2D eigenvalue weighted by Gasteiger charge is -2.13. The van der Waals surface area contributed by atoms with Gasteiger partial charge in [0.15, 0.2) is 0 Å². The molecule has 1 heterocycles. The fourth-order valence-corrected chi connectivity index (χ4v) is 3.75. The number of benzene rings is 4. The van der Waals surface area contributed by atoms with E-state index in [4.69, 9.17) is 16.6 Å². The SMILES string of the molecule is Clc1ccc(-c2c3ccccc3nc3ccc(-c4ccccc4)cc23)cc1. The van der Waals surface area contributed by atoms with E-state index in [1.807, 2.05) is 24.3 Å². The van der Waals surface area contributed by atoms with Gasteiger partial charge in [-0.1, -0.05) is 78.3 Å². The predicted octanol–water partition coefficient (Wildman–Crippen LogP) is 7.38. The molecule has 1 aromatic heterocycles. The molecule has 0 saturated carbocycles. The smallest absolute Gasteiger partial charge is 0.0716 e. The maximum atomic E-state index is 6.13. The third kappa shape index (κ3) is 2.87. The highest BCUT2D eigenvalue weighted by molar-refractivity contribution is 6.30. The fraction of sp³-hybridized carbons (Fsp3) is 0. The Balaban J connectivity index is 1.87. The minimum Gasteiger partial charge on any atom is -0.248 e. The van der Waals surface area contributed by atoms with E-state index in [1.165, 1.54) is 16.7 Å². The summed E-state index contributed by atoms with van der Waals surface area (Å²) in [4.78, 5) is 4.89. The minimum absolute atomic E-state index is 0.742. The number of para-hydroxylation sites is 1. The van der Waals surface area contributed by atoms with Gasteiger partial charge in [-0.3, -0.25) is 0 Å². The van der Waals surface area contributed by atoms with E-state index in [-0.39, 0.29) is 0 Å². The summed E-state index contributed by atoms with van der Waals surface area (Å²) in [5.41, 5.74) is 6.74. The summed E-state index contributed by atoms with van der Waals surface area (Å²) >= 11 is 6.13. The molecule has 0 atom stereocenters. The Morgan fingerprint density at radius 1 is 0.519 bits per heavy atom. The molecule has 0 unspecified atom stereocenters. The van der Waals surface area contributed by atoms with Crippen LogP contribution in [-0.2, 0) is 0 Å². The summed E-state index contributed by atoms with van der Waals surface area (Å²) in [6, 6.07) is 33.3. The van der Waals surface area contributed by atoms with Gasteiger partial charge in [0, 0.05) is 21.4 Å². The van der Waals surface area contributed by atoms with E-state index in [2.05, 4.69) is 72.8 Å². The number of aromatic nitrogens is 1. The van der Waals surface area contributed by atoms with Crippen LogP contribution in [0.5, 0.6) is 0 Å². The van der Waals surface area contributed by atoms with Crippen molar-refractivity contribution in [1.29, 1.82) is 0 Å². The zero-order chi connectivity index (χ0) is 18.2. The minimum atomic E-state index is 0.742. The number of rotatable bonds is 2. The molecule has 2 heteroatoms. The van der Waals surface area contributed by atoms with Crippen molar-refractivity contribution in [2.75, 3.05) is 0 Å². The van der Waals surface area contributed by atoms with Crippen LogP contribution in [0.15, 0.2) is 97.1 Å². The van der Waals surface area contributed by atoms with E-state index in [1.54, 1.807) is 0 Å². The normalized spacial score (nSPS) is 11.1. The van der Waals surface area contributed by atoms with Crippen molar-refractivity contribution >= 4 is 33.4 Å². The standard InChI is InChI=1S/C25H16ClN/c26-20-13-10-18(11-14-20)25-21-8-4-5-9-23(21)27-24-15-12-19(16-22(24)25)17-6-2-1-3-7-17/h1-16H. The molecule has 0 aliphatic heterocycles. The predicted molar refractivity (Wildman–Crippen MR) is 115 cm³/mol. The van der Waals surface area contributed by atoms with Crippen LogP contribution in [0.1, 0.15) is 0 Å². The summed E-state index contributed by atoms with van der Waals surface area (Å²) in [6.45, 7) is 0. The van der Waals surface area contributed by atoms with Crippen molar-refractivity contribution in [1.82, 2.24) is 4.98 Å². The molecule has 0 amide bonds. The molecule has 0 saturated heterocycles. The first-order chi connectivity index (χ1) is 13.3. The van der Waals surface area contributed by atoms with Crippen molar-refractivity contribution in [2.45, 2.75) is 0 Å². The van der Waals surface area contributed by atoms with Crippen LogP contribution in [0.2, 0.25) is 5.02 Å². The van der Waals surface area contributed by atoms with E-state index in [9.17, 15) is 0 Å². The highest BCUT2D eigenvalue weighted by atomic mass is 35.5. The van der Waals surface area contributed by atoms with Crippen molar-refractivity contribution in [3.63, 3.8) is 0 Å². The van der Waals surface area contributed by atoms with Crippen LogP contribution < -0.4 is 0 Å². The Kier molecular flexibility index (Phi) is 3.88. The maximum Gasteiger partial charge on any atom is 0.0716 e. The number of pyridine rings is 1. The second-order valence-electron chi connectivity index (χ2n) is 6.61. The van der Waals surface area contributed by atoms with Crippen LogP contribution in [0.25, 0.3) is 44.1 Å². The molecule has 0 radical (unpaired) electrons. The molecule has 5 aromatic rings.